The number of hydrogen-bond acceptors (Lipinski definition) is 22. The molecule has 2 saturated heterocycles. The molecule has 0 bridgehead atoms. The average Bonchev–Trinajstić information content (AvgIpc) is 3.85. The fourth-order valence-corrected chi connectivity index (χ4v) is 7.58. The summed E-state index contributed by atoms with van der Waals surface area (Å²) in [6, 6.07) is 0. The van der Waals surface area contributed by atoms with Gasteiger partial charge >= 0.3 is 23.5 Å². The molecule has 0 amide bonds. The molecule has 14 N–H and O–H groups in total. The number of fused-ring (bicyclic) bond motifs is 2. The summed E-state index contributed by atoms with van der Waals surface area (Å²) >= 11 is 0. The van der Waals surface area contributed by atoms with E-state index in [0.717, 1.165) is 10.9 Å². The number of nitrogens with one attached hydrogen (secondary N) is 2. The maximum atomic E-state index is 12.6. The Morgan fingerprint density at radius 1 is 0.836 bits per heavy atom. The third-order valence-corrected chi connectivity index (χ3v) is 10.6. The Bertz CT molecular complexity index is 2110. The van der Waals surface area contributed by atoms with Crippen LogP contribution in [0.2, 0.25) is 0 Å². The van der Waals surface area contributed by atoms with Gasteiger partial charge in [-0.1, -0.05) is 0 Å². The minimum atomic E-state index is -5.40. The molecule has 29 nitrogen and oxygen atoms in total. The average molecular weight is 849 g/mol. The number of imidazole rings is 2. The summed E-state index contributed by atoms with van der Waals surface area (Å²) in [5, 5.41) is 44.9. The van der Waals surface area contributed by atoms with Crippen molar-refractivity contribution in [3.8, 4) is 0 Å². The number of hydrogen-bond donors (Lipinski definition) is 12. The summed E-state index contributed by atoms with van der Waals surface area (Å²) in [5.74, 6) is -0.00718. The van der Waals surface area contributed by atoms with Gasteiger partial charge in [-0.3, -0.25) is 41.5 Å². The van der Waals surface area contributed by atoms with Gasteiger partial charge in [0, 0.05) is 0 Å². The molecule has 11 atom stereocenters. The predicted octanol–water partition coefficient (Wildman–Crippen LogP) is -4.37. The minimum Gasteiger partial charge on any atom is -0.387 e. The number of nitrogen functional groups attached to an aromatic ring is 1. The first-order valence-electron chi connectivity index (χ1n) is 15.6. The lowest BCUT2D eigenvalue weighted by molar-refractivity contribution is -0.0546. The third kappa shape index (κ3) is 9.48. The Hall–Kier alpha value is -3.28. The van der Waals surface area contributed by atoms with Crippen LogP contribution in [-0.4, -0.2) is 144 Å². The molecule has 0 saturated carbocycles. The number of anilines is 1. The molecule has 55 heavy (non-hydrogen) atoms. The van der Waals surface area contributed by atoms with E-state index in [9.17, 15) is 58.5 Å². The van der Waals surface area contributed by atoms with Gasteiger partial charge in [0.15, 0.2) is 35.4 Å². The van der Waals surface area contributed by atoms with Crippen LogP contribution < -0.4 is 22.3 Å². The number of aromatic nitrogens is 6. The van der Waals surface area contributed by atoms with E-state index in [-0.39, 0.29) is 35.4 Å². The van der Waals surface area contributed by atoms with Crippen LogP contribution in [0, 0.1) is 0 Å². The largest absolute Gasteiger partial charge is 0.472 e. The van der Waals surface area contributed by atoms with Crippen molar-refractivity contribution < 1.29 is 85.8 Å². The van der Waals surface area contributed by atoms with Gasteiger partial charge in [-0.05, 0) is 0 Å². The van der Waals surface area contributed by atoms with E-state index in [4.69, 9.17) is 39.0 Å². The second kappa shape index (κ2) is 15.9. The highest BCUT2D eigenvalue weighted by Gasteiger charge is 2.47. The number of nitrogens with zero attached hydrogens (tertiary/aromatic N) is 6. The molecule has 3 aromatic heterocycles. The molecule has 3 aliphatic rings. The molecule has 32 heteroatoms. The Morgan fingerprint density at radius 2 is 1.38 bits per heavy atom. The quantitative estimate of drug-likeness (QED) is 0.0606. The highest BCUT2D eigenvalue weighted by Crippen LogP contribution is 2.48. The molecule has 6 heterocycles. The number of aromatic amines is 1. The highest BCUT2D eigenvalue weighted by molar-refractivity contribution is 7.47. The van der Waals surface area contributed by atoms with Crippen LogP contribution in [0.1, 0.15) is 18.1 Å². The van der Waals surface area contributed by atoms with Crippen LogP contribution in [0.15, 0.2) is 22.4 Å². The molecule has 0 aromatic carbocycles. The van der Waals surface area contributed by atoms with Gasteiger partial charge in [0.2, 0.25) is 5.95 Å². The smallest absolute Gasteiger partial charge is 0.387 e. The first kappa shape index (κ1) is 41.4. The van der Waals surface area contributed by atoms with Crippen molar-refractivity contribution in [2.45, 2.75) is 61.7 Å². The van der Waals surface area contributed by atoms with Crippen molar-refractivity contribution in [2.75, 3.05) is 32.2 Å². The Morgan fingerprint density at radius 3 is 1.95 bits per heavy atom. The number of aliphatic hydroxyl groups excluding tert-OH is 4. The van der Waals surface area contributed by atoms with Gasteiger partial charge in [-0.2, -0.15) is 9.98 Å². The van der Waals surface area contributed by atoms with Crippen molar-refractivity contribution >= 4 is 52.4 Å². The van der Waals surface area contributed by atoms with Crippen molar-refractivity contribution in [3.05, 3.63) is 28.7 Å². The minimum absolute atomic E-state index is 0.0564. The molecular weight excluding hydrogens is 813 g/mol. The van der Waals surface area contributed by atoms with E-state index in [1.807, 2.05) is 0 Å². The predicted molar refractivity (Wildman–Crippen MR) is 175 cm³/mol. The molecule has 6 rings (SSSR count). The summed E-state index contributed by atoms with van der Waals surface area (Å²) in [6.07, 6.45) is -12.0. The molecule has 0 spiro atoms. The maximum Gasteiger partial charge on any atom is 0.472 e. The monoisotopic (exact) mass is 848 g/mol. The van der Waals surface area contributed by atoms with Crippen LogP contribution in [0.4, 0.5) is 11.8 Å². The van der Waals surface area contributed by atoms with E-state index < -0.39 is 111 Å². The second-order valence-electron chi connectivity index (χ2n) is 12.0. The molecule has 0 aliphatic carbocycles. The van der Waals surface area contributed by atoms with Gasteiger partial charge in [0.1, 0.15) is 48.4 Å². The summed E-state index contributed by atoms with van der Waals surface area (Å²) in [7, 11) is -15.8. The molecule has 3 aromatic rings. The Labute approximate surface area is 305 Å². The fourth-order valence-electron chi connectivity index (χ4n) is 5.54. The highest BCUT2D eigenvalue weighted by atomic mass is 31.2. The van der Waals surface area contributed by atoms with E-state index in [2.05, 4.69) is 34.8 Å². The van der Waals surface area contributed by atoms with Crippen LogP contribution in [0.5, 0.6) is 0 Å². The van der Waals surface area contributed by atoms with Crippen molar-refractivity contribution in [2.24, 2.45) is 10.7 Å². The third-order valence-electron chi connectivity index (χ3n) is 8.11. The lowest BCUT2D eigenvalue weighted by Gasteiger charge is -2.22. The number of H-pyrrole nitrogens is 1. The molecule has 2 fully saturated rings. The van der Waals surface area contributed by atoms with Gasteiger partial charge < -0.3 is 66.3 Å². The lowest BCUT2D eigenvalue weighted by atomic mass is 10.1. The zero-order chi connectivity index (χ0) is 40.0. The number of phosphoric acid groups is 3. The number of aliphatic hydroxyl groups is 4. The van der Waals surface area contributed by atoms with Crippen LogP contribution in [0.25, 0.3) is 11.2 Å². The zero-order valence-corrected chi connectivity index (χ0v) is 30.3. The number of rotatable bonds is 16. The number of aliphatic imine (C=N–C) groups is 1. The summed E-state index contributed by atoms with van der Waals surface area (Å²) in [5.41, 5.74) is 10.7. The first-order valence-corrected chi connectivity index (χ1v) is 20.1. The van der Waals surface area contributed by atoms with E-state index in [1.54, 1.807) is 0 Å². The standard InChI is InChI=1S/C23H35N10O19P3/c24-22-26-1-9-17(29-22)32(6-27-9)20-15(36)13(34)10(50-20)4-48-54(42,43)46-2-8(52-53(39,40)41)3-47-55(44,45)49-5-11-14(35)16(37)21(51-11)33-7-28-12-18(33)30-23(25)31-19(12)38/h6-8,10-11,13-16,20-21,34-37H,1-5H2,(H,42,43)(H,44,45)(H3,24,26,29)(H2,39,40,41)(H3,25,30,31,38)/t8?,10-,11-,13-,14-,15-,16-,20-,21?/m1/s1. The van der Waals surface area contributed by atoms with Crippen molar-refractivity contribution in [1.82, 2.24) is 34.4 Å². The number of guanidine groups is 1. The summed E-state index contributed by atoms with van der Waals surface area (Å²) < 4.78 is 73.9. The van der Waals surface area contributed by atoms with E-state index >= 15 is 0 Å². The van der Waals surface area contributed by atoms with Crippen molar-refractivity contribution in [1.29, 1.82) is 0 Å². The number of ether oxygens (including phenoxy) is 2. The number of phosphoric ester groups is 3. The fraction of sp³-hybridized carbons (Fsp3) is 0.609. The van der Waals surface area contributed by atoms with Gasteiger partial charge in [-0.25, -0.2) is 23.7 Å². The molecule has 0 radical (unpaired) electrons. The summed E-state index contributed by atoms with van der Waals surface area (Å²) in [4.78, 5) is 69.3. The maximum absolute atomic E-state index is 12.6. The molecule has 4 unspecified atom stereocenters. The molecular formula is C23H35N10O19P3. The topological polar surface area (TPSA) is 435 Å². The van der Waals surface area contributed by atoms with Gasteiger partial charge in [0.05, 0.1) is 45.6 Å². The van der Waals surface area contributed by atoms with Crippen LogP contribution >= 0.6 is 23.5 Å². The van der Waals surface area contributed by atoms with Crippen LogP contribution in [-0.2, 0) is 52.3 Å². The van der Waals surface area contributed by atoms with E-state index in [1.165, 1.54) is 10.9 Å². The number of nitrogens with two attached hydrogens (primary N) is 2. The second-order valence-corrected chi connectivity index (χ2v) is 16.1. The van der Waals surface area contributed by atoms with Gasteiger partial charge in [0.25, 0.3) is 5.56 Å². The van der Waals surface area contributed by atoms with Crippen LogP contribution in [0.3, 0.4) is 0 Å². The first-order chi connectivity index (χ1) is 25.7. The summed E-state index contributed by atoms with van der Waals surface area (Å²) in [6.45, 7) is -3.98. The Kier molecular flexibility index (Phi) is 12.0. The SMILES string of the molecule is NC1=Nc2c(ncn2[C@@H]2O[C@H](COP(=O)(O)OCC(COP(=O)(O)OC[C@H]3OC(n4cnc5c(=O)[nH]c(N)nc54)[C@H](O)[C@@H]3O)OP(=O)(O)O)[C@@H](O)[C@H]2O)CN1. The van der Waals surface area contributed by atoms with Crippen molar-refractivity contribution in [3.63, 3.8) is 0 Å². The van der Waals surface area contributed by atoms with Gasteiger partial charge in [-0.15, -0.1) is 0 Å². The van der Waals surface area contributed by atoms with E-state index in [0.29, 0.717) is 5.69 Å². The zero-order valence-electron chi connectivity index (χ0n) is 27.6. The normalized spacial score (nSPS) is 29.7. The molecule has 3 aliphatic heterocycles. The molecule has 306 valence electrons. The Balaban J connectivity index is 1.01. The lowest BCUT2D eigenvalue weighted by Crippen LogP contribution is -2.34.